The molecule has 0 N–H and O–H groups in total. The van der Waals surface area contributed by atoms with Crippen molar-refractivity contribution in [1.82, 2.24) is 0 Å². The van der Waals surface area contributed by atoms with Crippen molar-refractivity contribution >= 4 is 20.7 Å². The molecule has 0 aromatic rings. The van der Waals surface area contributed by atoms with Crippen molar-refractivity contribution in [2.75, 3.05) is 5.75 Å². The maximum Gasteiger partial charge on any atom is 0.395 e. The molecule has 72 valence electrons. The highest BCUT2D eigenvalue weighted by Crippen LogP contribution is 2.53. The van der Waals surface area contributed by atoms with Gasteiger partial charge in [-0.3, -0.25) is 0 Å². The average molecular weight is 221 g/mol. The summed E-state index contributed by atoms with van der Waals surface area (Å²) in [6.07, 6.45) is -3.58. The first-order valence-corrected chi connectivity index (χ1v) is 5.63. The summed E-state index contributed by atoms with van der Waals surface area (Å²) in [5.41, 5.74) is -1.75. The van der Waals surface area contributed by atoms with Crippen LogP contribution in [0.25, 0.3) is 0 Å². The van der Waals surface area contributed by atoms with E-state index in [0.29, 0.717) is 6.42 Å². The molecular formula is C6H8ClF3OS. The number of hydrogen-bond donors (Lipinski definition) is 0. The molecule has 6 heteroatoms. The lowest BCUT2D eigenvalue weighted by Crippen LogP contribution is -2.47. The van der Waals surface area contributed by atoms with E-state index < -0.39 is 27.4 Å². The van der Waals surface area contributed by atoms with Crippen LogP contribution in [0.15, 0.2) is 0 Å². The van der Waals surface area contributed by atoms with E-state index in [9.17, 15) is 17.4 Å². The zero-order valence-electron chi connectivity index (χ0n) is 6.16. The van der Waals surface area contributed by atoms with Crippen LogP contribution in [0.1, 0.15) is 19.3 Å². The Balaban J connectivity index is 2.70. The summed E-state index contributed by atoms with van der Waals surface area (Å²) in [5.74, 6) is -0.460. The summed E-state index contributed by atoms with van der Waals surface area (Å²) in [6, 6.07) is 0. The number of rotatable bonds is 2. The van der Waals surface area contributed by atoms with E-state index in [1.54, 1.807) is 0 Å². The fourth-order valence-corrected chi connectivity index (χ4v) is 2.84. The summed E-state index contributed by atoms with van der Waals surface area (Å²) in [7, 11) is 3.18. The van der Waals surface area contributed by atoms with Crippen LogP contribution in [0.5, 0.6) is 0 Å². The first-order valence-electron chi connectivity index (χ1n) is 3.49. The third-order valence-corrected chi connectivity index (χ3v) is 3.41. The van der Waals surface area contributed by atoms with Crippen molar-refractivity contribution in [3.05, 3.63) is 0 Å². The molecular weight excluding hydrogens is 213 g/mol. The largest absolute Gasteiger partial charge is 0.395 e. The van der Waals surface area contributed by atoms with E-state index in [1.807, 2.05) is 0 Å². The van der Waals surface area contributed by atoms with Crippen LogP contribution in [0.4, 0.5) is 13.2 Å². The highest BCUT2D eigenvalue weighted by molar-refractivity contribution is 8.08. The molecule has 0 aliphatic heterocycles. The van der Waals surface area contributed by atoms with Gasteiger partial charge in [-0.05, 0) is 23.5 Å². The molecule has 1 fully saturated rings. The second-order valence-electron chi connectivity index (χ2n) is 3.07. The second kappa shape index (κ2) is 3.18. The van der Waals surface area contributed by atoms with Crippen LogP contribution in [-0.4, -0.2) is 16.1 Å². The van der Waals surface area contributed by atoms with E-state index in [4.69, 9.17) is 10.7 Å². The van der Waals surface area contributed by atoms with Gasteiger partial charge in [-0.25, -0.2) is 4.21 Å². The lowest BCUT2D eigenvalue weighted by atomic mass is 9.70. The van der Waals surface area contributed by atoms with Crippen LogP contribution in [-0.2, 0) is 10.0 Å². The summed E-state index contributed by atoms with van der Waals surface area (Å²) >= 11 is 0. The maximum atomic E-state index is 12.3. The molecule has 1 saturated carbocycles. The Kier molecular flexibility index (Phi) is 2.73. The molecule has 0 heterocycles. The second-order valence-corrected chi connectivity index (χ2v) is 4.97. The number of alkyl halides is 3. The van der Waals surface area contributed by atoms with Crippen LogP contribution >= 0.6 is 10.7 Å². The van der Waals surface area contributed by atoms with Gasteiger partial charge in [-0.2, -0.15) is 13.2 Å². The van der Waals surface area contributed by atoms with Gasteiger partial charge >= 0.3 is 6.18 Å². The minimum Gasteiger partial charge on any atom is -0.243 e. The van der Waals surface area contributed by atoms with Gasteiger partial charge in [0, 0.05) is 0 Å². The smallest absolute Gasteiger partial charge is 0.243 e. The average Bonchev–Trinajstić information content (AvgIpc) is 1.74. The van der Waals surface area contributed by atoms with Crippen LogP contribution < -0.4 is 0 Å². The zero-order chi connectivity index (χ0) is 9.41. The molecule has 1 aliphatic rings. The first kappa shape index (κ1) is 10.3. The van der Waals surface area contributed by atoms with Crippen molar-refractivity contribution in [3.8, 4) is 0 Å². The maximum absolute atomic E-state index is 12.3. The lowest BCUT2D eigenvalue weighted by Gasteiger charge is -2.42. The quantitative estimate of drug-likeness (QED) is 0.654. The highest BCUT2D eigenvalue weighted by atomic mass is 35.7. The molecule has 1 nitrogen and oxygen atoms in total. The van der Waals surface area contributed by atoms with Crippen molar-refractivity contribution in [2.45, 2.75) is 25.4 Å². The Morgan fingerprint density at radius 1 is 1.42 bits per heavy atom. The van der Waals surface area contributed by atoms with Crippen molar-refractivity contribution < 1.29 is 17.4 Å². The van der Waals surface area contributed by atoms with E-state index in [0.717, 1.165) is 0 Å². The predicted molar refractivity (Wildman–Crippen MR) is 41.2 cm³/mol. The van der Waals surface area contributed by atoms with Gasteiger partial charge in [-0.15, -0.1) is 0 Å². The van der Waals surface area contributed by atoms with Gasteiger partial charge in [-0.1, -0.05) is 6.42 Å². The molecule has 1 unspecified atom stereocenters. The Labute approximate surface area is 75.2 Å². The minimum absolute atomic E-state index is 0.0644. The van der Waals surface area contributed by atoms with Crippen LogP contribution in [0.2, 0.25) is 0 Å². The normalized spacial score (nSPS) is 24.7. The Morgan fingerprint density at radius 2 is 1.92 bits per heavy atom. The van der Waals surface area contributed by atoms with Crippen molar-refractivity contribution in [1.29, 1.82) is 0 Å². The monoisotopic (exact) mass is 220 g/mol. The third kappa shape index (κ3) is 1.76. The van der Waals surface area contributed by atoms with E-state index >= 15 is 0 Å². The minimum atomic E-state index is -4.25. The highest BCUT2D eigenvalue weighted by Gasteiger charge is 2.58. The summed E-state index contributed by atoms with van der Waals surface area (Å²) in [4.78, 5) is 0. The summed E-state index contributed by atoms with van der Waals surface area (Å²) < 4.78 is 47.4. The Hall–Kier alpha value is 0.230. The fourth-order valence-electron chi connectivity index (χ4n) is 1.33. The molecule has 0 aromatic carbocycles. The summed E-state index contributed by atoms with van der Waals surface area (Å²) in [5, 5.41) is 0. The lowest BCUT2D eigenvalue weighted by molar-refractivity contribution is -0.240. The van der Waals surface area contributed by atoms with Gasteiger partial charge in [0.15, 0.2) is 0 Å². The third-order valence-electron chi connectivity index (χ3n) is 2.30. The molecule has 0 amide bonds. The zero-order valence-corrected chi connectivity index (χ0v) is 7.73. The molecule has 1 rings (SSSR count). The van der Waals surface area contributed by atoms with E-state index in [-0.39, 0.29) is 12.8 Å². The van der Waals surface area contributed by atoms with Gasteiger partial charge in [0.05, 0.1) is 11.2 Å². The van der Waals surface area contributed by atoms with Gasteiger partial charge < -0.3 is 0 Å². The molecule has 12 heavy (non-hydrogen) atoms. The van der Waals surface area contributed by atoms with Crippen molar-refractivity contribution in [3.63, 3.8) is 0 Å². The van der Waals surface area contributed by atoms with Gasteiger partial charge in [0.1, 0.15) is 10.0 Å². The Bertz CT molecular complexity index is 199. The molecule has 0 radical (unpaired) electrons. The molecule has 1 atom stereocenters. The topological polar surface area (TPSA) is 17.1 Å². The Morgan fingerprint density at radius 3 is 2.00 bits per heavy atom. The van der Waals surface area contributed by atoms with Crippen molar-refractivity contribution in [2.24, 2.45) is 5.41 Å². The standard InChI is InChI=1S/C6H8ClF3OS/c7-12(11)4-5(2-1-3-5)6(8,9)10/h1-4H2. The van der Waals surface area contributed by atoms with E-state index in [1.165, 1.54) is 0 Å². The molecule has 1 aliphatic carbocycles. The molecule has 0 saturated heterocycles. The molecule has 0 spiro atoms. The predicted octanol–water partition coefficient (Wildman–Crippen LogP) is 2.62. The molecule has 0 aromatic heterocycles. The van der Waals surface area contributed by atoms with E-state index in [2.05, 4.69) is 0 Å². The van der Waals surface area contributed by atoms with Crippen LogP contribution in [0, 0.1) is 5.41 Å². The van der Waals surface area contributed by atoms with Gasteiger partial charge in [0.25, 0.3) is 0 Å². The van der Waals surface area contributed by atoms with Gasteiger partial charge in [0.2, 0.25) is 0 Å². The first-order chi connectivity index (χ1) is 5.37. The number of hydrogen-bond acceptors (Lipinski definition) is 1. The summed E-state index contributed by atoms with van der Waals surface area (Å²) in [6.45, 7) is 0. The SMILES string of the molecule is O=S(Cl)CC1(C(F)(F)F)CCC1. The van der Waals surface area contributed by atoms with Crippen LogP contribution in [0.3, 0.4) is 0 Å². The molecule has 0 bridgehead atoms. The number of halogens is 4. The fraction of sp³-hybridized carbons (Fsp3) is 1.00.